The Bertz CT molecular complexity index is 194. The molecular weight excluding hydrogens is 185 g/mol. The van der Waals surface area contributed by atoms with Gasteiger partial charge in [-0.15, -0.1) is 0 Å². The Hall–Kier alpha value is -0.740. The second-order valence-electron chi connectivity index (χ2n) is 2.91. The van der Waals surface area contributed by atoms with Gasteiger partial charge < -0.3 is 5.11 Å². The van der Waals surface area contributed by atoms with Gasteiger partial charge in [-0.25, -0.2) is 18.0 Å². The lowest BCUT2D eigenvalue weighted by atomic mass is 9.91. The van der Waals surface area contributed by atoms with Gasteiger partial charge in [-0.1, -0.05) is 20.3 Å². The quantitative estimate of drug-likeness (QED) is 0.737. The number of hydrogen-bond acceptors (Lipinski definition) is 1. The van der Waals surface area contributed by atoms with E-state index in [0.29, 0.717) is 0 Å². The van der Waals surface area contributed by atoms with Crippen molar-refractivity contribution in [1.29, 1.82) is 0 Å². The van der Waals surface area contributed by atoms with Crippen LogP contribution in [0.25, 0.3) is 0 Å². The van der Waals surface area contributed by atoms with Crippen molar-refractivity contribution < 1.29 is 23.1 Å². The van der Waals surface area contributed by atoms with E-state index in [9.17, 15) is 18.0 Å². The van der Waals surface area contributed by atoms with Gasteiger partial charge in [0.15, 0.2) is 0 Å². The number of halogens is 3. The van der Waals surface area contributed by atoms with Gasteiger partial charge in [0.05, 0.1) is 0 Å². The van der Waals surface area contributed by atoms with E-state index < -0.39 is 30.4 Å². The summed E-state index contributed by atoms with van der Waals surface area (Å²) in [5.74, 6) is -5.88. The highest BCUT2D eigenvalue weighted by Crippen LogP contribution is 2.39. The van der Waals surface area contributed by atoms with Crippen molar-refractivity contribution in [3.05, 3.63) is 0 Å². The van der Waals surface area contributed by atoms with Crippen LogP contribution in [0, 0.1) is 0 Å². The molecule has 0 aliphatic rings. The molecule has 0 aromatic carbocycles. The van der Waals surface area contributed by atoms with Crippen LogP contribution in [0.3, 0.4) is 0 Å². The number of rotatable bonds is 5. The highest BCUT2D eigenvalue weighted by atomic mass is 19.3. The first kappa shape index (κ1) is 12.3. The van der Waals surface area contributed by atoms with Crippen LogP contribution in [0.4, 0.5) is 13.2 Å². The zero-order valence-corrected chi connectivity index (χ0v) is 7.61. The Morgan fingerprint density at radius 1 is 1.31 bits per heavy atom. The molecule has 5 heteroatoms. The standard InChI is InChI=1S/C8H13F3O2/c1-3-5-8(10,11)7(9,4-2)6(12)13/h3-5H2,1-2H3,(H,12,13). The fourth-order valence-corrected chi connectivity index (χ4v) is 1.08. The van der Waals surface area contributed by atoms with Crippen molar-refractivity contribution in [2.24, 2.45) is 0 Å². The van der Waals surface area contributed by atoms with Gasteiger partial charge in [-0.3, -0.25) is 0 Å². The van der Waals surface area contributed by atoms with Crippen molar-refractivity contribution in [3.8, 4) is 0 Å². The van der Waals surface area contributed by atoms with Gasteiger partial charge in [0, 0.05) is 6.42 Å². The minimum absolute atomic E-state index is 0.0476. The van der Waals surface area contributed by atoms with Gasteiger partial charge in [0.1, 0.15) is 0 Å². The number of carboxylic acid groups (broad SMARTS) is 1. The van der Waals surface area contributed by atoms with Gasteiger partial charge in [-0.2, -0.15) is 0 Å². The highest BCUT2D eigenvalue weighted by molar-refractivity contribution is 5.78. The second-order valence-corrected chi connectivity index (χ2v) is 2.91. The van der Waals surface area contributed by atoms with Gasteiger partial charge in [0.25, 0.3) is 11.6 Å². The highest BCUT2D eigenvalue weighted by Gasteiger charge is 2.58. The molecule has 0 rings (SSSR count). The third kappa shape index (κ3) is 2.14. The van der Waals surface area contributed by atoms with Crippen LogP contribution in [0.2, 0.25) is 0 Å². The molecule has 0 saturated heterocycles. The Morgan fingerprint density at radius 2 is 1.77 bits per heavy atom. The maximum absolute atomic E-state index is 13.3. The molecule has 0 amide bonds. The van der Waals surface area contributed by atoms with Gasteiger partial charge >= 0.3 is 5.97 Å². The van der Waals surface area contributed by atoms with E-state index in [0.717, 1.165) is 6.92 Å². The van der Waals surface area contributed by atoms with E-state index in [1.807, 2.05) is 0 Å². The van der Waals surface area contributed by atoms with E-state index in [1.165, 1.54) is 6.92 Å². The third-order valence-electron chi connectivity index (χ3n) is 1.97. The molecule has 0 saturated carbocycles. The van der Waals surface area contributed by atoms with Crippen LogP contribution in [-0.4, -0.2) is 22.7 Å². The first-order valence-corrected chi connectivity index (χ1v) is 4.12. The first-order valence-electron chi connectivity index (χ1n) is 4.12. The number of carbonyl (C=O) groups is 1. The molecule has 1 atom stereocenters. The summed E-state index contributed by atoms with van der Waals surface area (Å²) >= 11 is 0. The summed E-state index contributed by atoms with van der Waals surface area (Å²) in [6.07, 6.45) is -1.43. The zero-order chi connectivity index (χ0) is 10.7. The summed E-state index contributed by atoms with van der Waals surface area (Å²) in [5, 5.41) is 8.34. The zero-order valence-electron chi connectivity index (χ0n) is 7.61. The molecule has 0 fully saturated rings. The predicted molar refractivity (Wildman–Crippen MR) is 41.6 cm³/mol. The lowest BCUT2D eigenvalue weighted by Gasteiger charge is -2.28. The summed E-state index contributed by atoms with van der Waals surface area (Å²) in [4.78, 5) is 10.3. The second kappa shape index (κ2) is 3.98. The Morgan fingerprint density at radius 3 is 2.00 bits per heavy atom. The smallest absolute Gasteiger partial charge is 0.347 e. The molecule has 0 radical (unpaired) electrons. The minimum atomic E-state index is -3.79. The molecule has 2 nitrogen and oxygen atoms in total. The Labute approximate surface area is 74.7 Å². The summed E-state index contributed by atoms with van der Waals surface area (Å²) in [7, 11) is 0. The van der Waals surface area contributed by atoms with E-state index in [-0.39, 0.29) is 6.42 Å². The largest absolute Gasteiger partial charge is 0.479 e. The number of alkyl halides is 3. The Balaban J connectivity index is 4.83. The summed E-state index contributed by atoms with van der Waals surface area (Å²) in [5.41, 5.74) is -3.43. The predicted octanol–water partition coefficient (Wildman–Crippen LogP) is 2.62. The van der Waals surface area contributed by atoms with Crippen molar-refractivity contribution >= 4 is 5.97 Å². The lowest BCUT2D eigenvalue weighted by Crippen LogP contribution is -2.50. The van der Waals surface area contributed by atoms with E-state index >= 15 is 0 Å². The van der Waals surface area contributed by atoms with Crippen LogP contribution >= 0.6 is 0 Å². The molecule has 1 unspecified atom stereocenters. The maximum atomic E-state index is 13.3. The molecule has 0 aliphatic carbocycles. The fraction of sp³-hybridized carbons (Fsp3) is 0.875. The third-order valence-corrected chi connectivity index (χ3v) is 1.97. The molecular formula is C8H13F3O2. The molecule has 13 heavy (non-hydrogen) atoms. The SMILES string of the molecule is CCCC(F)(F)C(F)(CC)C(=O)O. The maximum Gasteiger partial charge on any atom is 0.347 e. The molecule has 0 aromatic rings. The number of carboxylic acids is 1. The van der Waals surface area contributed by atoms with Crippen LogP contribution < -0.4 is 0 Å². The van der Waals surface area contributed by atoms with E-state index in [4.69, 9.17) is 5.11 Å². The topological polar surface area (TPSA) is 37.3 Å². The lowest BCUT2D eigenvalue weighted by molar-refractivity contribution is -0.187. The number of hydrogen-bond donors (Lipinski definition) is 1. The normalized spacial score (nSPS) is 16.7. The van der Waals surface area contributed by atoms with Gasteiger partial charge in [0.2, 0.25) is 0 Å². The molecule has 0 aliphatic heterocycles. The van der Waals surface area contributed by atoms with Crippen molar-refractivity contribution in [3.63, 3.8) is 0 Å². The molecule has 0 spiro atoms. The van der Waals surface area contributed by atoms with Crippen molar-refractivity contribution in [1.82, 2.24) is 0 Å². The van der Waals surface area contributed by atoms with E-state index in [1.54, 1.807) is 0 Å². The summed E-state index contributed by atoms with van der Waals surface area (Å²) < 4.78 is 39.2. The molecule has 78 valence electrons. The van der Waals surface area contributed by atoms with Crippen LogP contribution in [-0.2, 0) is 4.79 Å². The summed E-state index contributed by atoms with van der Waals surface area (Å²) in [6, 6.07) is 0. The van der Waals surface area contributed by atoms with Crippen molar-refractivity contribution in [2.45, 2.75) is 44.7 Å². The average molecular weight is 198 g/mol. The summed E-state index contributed by atoms with van der Waals surface area (Å²) in [6.45, 7) is 2.55. The van der Waals surface area contributed by atoms with Crippen molar-refractivity contribution in [2.75, 3.05) is 0 Å². The average Bonchev–Trinajstić information content (AvgIpc) is 2.02. The van der Waals surface area contributed by atoms with Crippen LogP contribution in [0.15, 0.2) is 0 Å². The first-order chi connectivity index (χ1) is 5.81. The molecule has 1 N–H and O–H groups in total. The van der Waals surface area contributed by atoms with Crippen LogP contribution in [0.5, 0.6) is 0 Å². The minimum Gasteiger partial charge on any atom is -0.479 e. The monoisotopic (exact) mass is 198 g/mol. The van der Waals surface area contributed by atoms with Gasteiger partial charge in [-0.05, 0) is 6.42 Å². The Kier molecular flexibility index (Phi) is 3.75. The molecule has 0 heterocycles. The van der Waals surface area contributed by atoms with E-state index in [2.05, 4.69) is 0 Å². The number of aliphatic carboxylic acids is 1. The molecule has 0 bridgehead atoms. The van der Waals surface area contributed by atoms with Crippen LogP contribution in [0.1, 0.15) is 33.1 Å². The fourth-order valence-electron chi connectivity index (χ4n) is 1.08. The molecule has 0 aromatic heterocycles.